The molecule has 3 amide bonds. The highest BCUT2D eigenvalue weighted by molar-refractivity contribution is 7.15. The molecule has 1 saturated heterocycles. The van der Waals surface area contributed by atoms with Crippen LogP contribution in [-0.2, 0) is 4.79 Å². The number of carbonyl (C=O) groups is 2. The van der Waals surface area contributed by atoms with Gasteiger partial charge >= 0.3 is 6.03 Å². The summed E-state index contributed by atoms with van der Waals surface area (Å²) in [5.41, 5.74) is 0.0919. The summed E-state index contributed by atoms with van der Waals surface area (Å²) in [4.78, 5) is 26.5. The van der Waals surface area contributed by atoms with Crippen molar-refractivity contribution in [1.29, 1.82) is 0 Å². The van der Waals surface area contributed by atoms with Crippen LogP contribution in [0.25, 0.3) is 0 Å². The highest BCUT2D eigenvalue weighted by Gasteiger charge is 2.34. The van der Waals surface area contributed by atoms with Gasteiger partial charge in [-0.25, -0.2) is 9.18 Å². The number of hydrogen-bond acceptors (Lipinski definition) is 5. The van der Waals surface area contributed by atoms with E-state index in [1.165, 1.54) is 28.4 Å². The van der Waals surface area contributed by atoms with E-state index in [1.807, 2.05) is 13.8 Å². The molecular formula is C17H20FN5O2S. The summed E-state index contributed by atoms with van der Waals surface area (Å²) in [5.74, 6) is -0.596. The Labute approximate surface area is 154 Å². The molecule has 0 aliphatic carbocycles. The fourth-order valence-corrected chi connectivity index (χ4v) is 3.49. The molecule has 1 aromatic carbocycles. The molecule has 1 aliphatic heterocycles. The summed E-state index contributed by atoms with van der Waals surface area (Å²) < 4.78 is 13.7. The Kier molecular flexibility index (Phi) is 5.46. The average Bonchev–Trinajstić information content (AvgIpc) is 3.26. The van der Waals surface area contributed by atoms with Gasteiger partial charge in [-0.3, -0.25) is 10.1 Å². The Hall–Kier alpha value is -2.55. The topological polar surface area (TPSA) is 87.2 Å². The largest absolute Gasteiger partial charge is 0.322 e. The van der Waals surface area contributed by atoms with Crippen LogP contribution in [0.4, 0.5) is 20.0 Å². The molecule has 1 aliphatic rings. The number of hydrogen-bond donors (Lipinski definition) is 2. The lowest BCUT2D eigenvalue weighted by Gasteiger charge is -2.23. The summed E-state index contributed by atoms with van der Waals surface area (Å²) in [6.07, 6.45) is 1.25. The van der Waals surface area contributed by atoms with Crippen LogP contribution in [0.3, 0.4) is 0 Å². The molecule has 26 heavy (non-hydrogen) atoms. The van der Waals surface area contributed by atoms with Crippen molar-refractivity contribution in [2.24, 2.45) is 0 Å². The third-order valence-corrected chi connectivity index (χ3v) is 5.24. The highest BCUT2D eigenvalue weighted by atomic mass is 32.1. The van der Waals surface area contributed by atoms with E-state index >= 15 is 0 Å². The summed E-state index contributed by atoms with van der Waals surface area (Å²) in [7, 11) is 0. The van der Waals surface area contributed by atoms with Crippen LogP contribution in [0, 0.1) is 5.82 Å². The van der Waals surface area contributed by atoms with Crippen molar-refractivity contribution < 1.29 is 14.0 Å². The molecule has 0 saturated carbocycles. The quantitative estimate of drug-likeness (QED) is 0.854. The van der Waals surface area contributed by atoms with Gasteiger partial charge < -0.3 is 10.2 Å². The van der Waals surface area contributed by atoms with Crippen molar-refractivity contribution in [3.8, 4) is 0 Å². The van der Waals surface area contributed by atoms with Crippen LogP contribution in [0.15, 0.2) is 24.3 Å². The number of urea groups is 1. The van der Waals surface area contributed by atoms with Crippen LogP contribution >= 0.6 is 11.3 Å². The van der Waals surface area contributed by atoms with Gasteiger partial charge in [0, 0.05) is 12.5 Å². The zero-order chi connectivity index (χ0) is 18.7. The first-order valence-corrected chi connectivity index (χ1v) is 9.23. The van der Waals surface area contributed by atoms with Gasteiger partial charge in [0.1, 0.15) is 16.9 Å². The molecule has 2 aromatic rings. The first kappa shape index (κ1) is 18.2. The SMILES string of the molecule is CC(C)c1nnc(NC(=O)[C@H]2CCCN2C(=O)Nc2ccccc2F)s1. The molecule has 0 radical (unpaired) electrons. The number of aromatic nitrogens is 2. The molecule has 0 bridgehead atoms. The Bertz CT molecular complexity index is 810. The number of nitrogens with one attached hydrogen (secondary N) is 2. The number of halogens is 1. The maximum atomic E-state index is 13.7. The number of amides is 3. The zero-order valence-corrected chi connectivity index (χ0v) is 15.3. The van der Waals surface area contributed by atoms with E-state index in [0.717, 1.165) is 5.01 Å². The highest BCUT2D eigenvalue weighted by Crippen LogP contribution is 2.25. The monoisotopic (exact) mass is 377 g/mol. The van der Waals surface area contributed by atoms with E-state index in [9.17, 15) is 14.0 Å². The molecule has 1 fully saturated rings. The van der Waals surface area contributed by atoms with E-state index in [4.69, 9.17) is 0 Å². The average molecular weight is 377 g/mol. The molecule has 2 N–H and O–H groups in total. The summed E-state index contributed by atoms with van der Waals surface area (Å²) >= 11 is 1.32. The minimum absolute atomic E-state index is 0.0919. The van der Waals surface area contributed by atoms with Crippen molar-refractivity contribution in [2.75, 3.05) is 17.2 Å². The second kappa shape index (κ2) is 7.77. The normalized spacial score (nSPS) is 16.8. The molecule has 138 valence electrons. The van der Waals surface area contributed by atoms with Gasteiger partial charge in [0.05, 0.1) is 5.69 Å². The molecule has 0 unspecified atom stereocenters. The third kappa shape index (κ3) is 3.98. The number of likely N-dealkylation sites (tertiary alicyclic amines) is 1. The fraction of sp³-hybridized carbons (Fsp3) is 0.412. The Balaban J connectivity index is 1.65. The molecule has 2 heterocycles. The van der Waals surface area contributed by atoms with Crippen LogP contribution in [-0.4, -0.2) is 39.6 Å². The lowest BCUT2D eigenvalue weighted by atomic mass is 10.2. The van der Waals surface area contributed by atoms with Crippen molar-refractivity contribution in [2.45, 2.75) is 38.6 Å². The lowest BCUT2D eigenvalue weighted by Crippen LogP contribution is -2.45. The molecule has 1 atom stereocenters. The van der Waals surface area contributed by atoms with Crippen molar-refractivity contribution in [1.82, 2.24) is 15.1 Å². The Morgan fingerprint density at radius 1 is 1.27 bits per heavy atom. The lowest BCUT2D eigenvalue weighted by molar-refractivity contribution is -0.119. The van der Waals surface area contributed by atoms with Gasteiger partial charge in [-0.2, -0.15) is 0 Å². The van der Waals surface area contributed by atoms with Crippen molar-refractivity contribution in [3.63, 3.8) is 0 Å². The molecule has 1 aromatic heterocycles. The molecule has 7 nitrogen and oxygen atoms in total. The summed E-state index contributed by atoms with van der Waals surface area (Å²) in [6.45, 7) is 4.43. The van der Waals surface area contributed by atoms with Crippen molar-refractivity contribution in [3.05, 3.63) is 35.1 Å². The fourth-order valence-electron chi connectivity index (χ4n) is 2.74. The third-order valence-electron chi connectivity index (χ3n) is 4.10. The molecular weight excluding hydrogens is 357 g/mol. The summed E-state index contributed by atoms with van der Waals surface area (Å²) in [6, 6.07) is 4.82. The number of rotatable bonds is 4. The van der Waals surface area contributed by atoms with Crippen LogP contribution < -0.4 is 10.6 Å². The zero-order valence-electron chi connectivity index (χ0n) is 14.5. The van der Waals surface area contributed by atoms with Gasteiger partial charge in [-0.1, -0.05) is 37.3 Å². The predicted molar refractivity (Wildman–Crippen MR) is 97.8 cm³/mol. The maximum absolute atomic E-state index is 13.7. The molecule has 3 rings (SSSR count). The second-order valence-corrected chi connectivity index (χ2v) is 7.36. The van der Waals surface area contributed by atoms with E-state index in [2.05, 4.69) is 20.8 Å². The molecule has 0 spiro atoms. The number of para-hydroxylation sites is 1. The van der Waals surface area contributed by atoms with Crippen LogP contribution in [0.5, 0.6) is 0 Å². The van der Waals surface area contributed by atoms with Gasteiger partial charge in [-0.05, 0) is 25.0 Å². The number of nitrogens with zero attached hydrogens (tertiary/aromatic N) is 3. The first-order valence-electron chi connectivity index (χ1n) is 8.42. The Morgan fingerprint density at radius 2 is 2.04 bits per heavy atom. The number of benzene rings is 1. The van der Waals surface area contributed by atoms with Crippen LogP contribution in [0.2, 0.25) is 0 Å². The van der Waals surface area contributed by atoms with Gasteiger partial charge in [0.15, 0.2) is 0 Å². The smallest absolute Gasteiger partial charge is 0.312 e. The van der Waals surface area contributed by atoms with E-state index in [-0.39, 0.29) is 17.5 Å². The standard InChI is InChI=1S/C17H20FN5O2S/c1-10(2)15-21-22-16(26-15)20-14(24)13-8-5-9-23(13)17(25)19-12-7-4-3-6-11(12)18/h3-4,6-7,10,13H,5,8-9H2,1-2H3,(H,19,25)(H,20,22,24)/t13-/m1/s1. The molecule has 9 heteroatoms. The Morgan fingerprint density at radius 3 is 2.73 bits per heavy atom. The predicted octanol–water partition coefficient (Wildman–Crippen LogP) is 3.44. The first-order chi connectivity index (χ1) is 12.5. The minimum atomic E-state index is -0.617. The number of anilines is 2. The van der Waals surface area contributed by atoms with Crippen LogP contribution in [0.1, 0.15) is 37.6 Å². The maximum Gasteiger partial charge on any atom is 0.322 e. The minimum Gasteiger partial charge on any atom is -0.312 e. The van der Waals surface area contributed by atoms with E-state index in [0.29, 0.717) is 24.5 Å². The van der Waals surface area contributed by atoms with Gasteiger partial charge in [0.2, 0.25) is 11.0 Å². The summed E-state index contributed by atoms with van der Waals surface area (Å²) in [5, 5.41) is 14.5. The van der Waals surface area contributed by atoms with E-state index in [1.54, 1.807) is 12.1 Å². The van der Waals surface area contributed by atoms with Crippen molar-refractivity contribution >= 4 is 34.1 Å². The number of carbonyl (C=O) groups excluding carboxylic acids is 2. The van der Waals surface area contributed by atoms with E-state index < -0.39 is 17.9 Å². The second-order valence-electron chi connectivity index (χ2n) is 6.35. The van der Waals surface area contributed by atoms with Gasteiger partial charge in [-0.15, -0.1) is 10.2 Å². The van der Waals surface area contributed by atoms with Gasteiger partial charge in [0.25, 0.3) is 0 Å².